The van der Waals surface area contributed by atoms with Crippen LogP contribution >= 0.6 is 0 Å². The number of carbonyl (C=O) groups is 2. The van der Waals surface area contributed by atoms with Gasteiger partial charge < -0.3 is 9.84 Å². The van der Waals surface area contributed by atoms with Gasteiger partial charge in [-0.25, -0.2) is 8.42 Å². The lowest BCUT2D eigenvalue weighted by molar-refractivity contribution is -0.146. The monoisotopic (exact) mass is 250 g/mol. The van der Waals surface area contributed by atoms with Crippen LogP contribution in [0, 0.1) is 11.8 Å². The molecule has 1 aliphatic rings. The van der Waals surface area contributed by atoms with Gasteiger partial charge in [-0.1, -0.05) is 0 Å². The summed E-state index contributed by atoms with van der Waals surface area (Å²) in [5.74, 6) is -3.45. The molecule has 0 aliphatic carbocycles. The molecule has 0 aromatic carbocycles. The Morgan fingerprint density at radius 3 is 2.56 bits per heavy atom. The molecule has 0 radical (unpaired) electrons. The number of hydrogen-bond donors (Lipinski definition) is 1. The Hall–Kier alpha value is -1.11. The van der Waals surface area contributed by atoms with Crippen molar-refractivity contribution in [2.24, 2.45) is 11.8 Å². The summed E-state index contributed by atoms with van der Waals surface area (Å²) in [5, 5.41) is 8.92. The number of carboxylic acid groups (broad SMARTS) is 1. The van der Waals surface area contributed by atoms with Crippen LogP contribution in [-0.2, 0) is 24.2 Å². The van der Waals surface area contributed by atoms with E-state index < -0.39 is 33.6 Å². The average molecular weight is 250 g/mol. The molecule has 0 aromatic heterocycles. The van der Waals surface area contributed by atoms with Gasteiger partial charge in [0.05, 0.1) is 31.0 Å². The molecular weight excluding hydrogens is 236 g/mol. The van der Waals surface area contributed by atoms with Gasteiger partial charge in [-0.15, -0.1) is 0 Å². The molecule has 92 valence electrons. The number of sulfone groups is 1. The van der Waals surface area contributed by atoms with Crippen molar-refractivity contribution < 1.29 is 27.9 Å². The number of aliphatic carboxylic acids is 1. The number of carboxylic acids is 1. The summed E-state index contributed by atoms with van der Waals surface area (Å²) in [4.78, 5) is 21.9. The number of methoxy groups -OCH3 is 1. The van der Waals surface area contributed by atoms with Gasteiger partial charge in [0.15, 0.2) is 9.84 Å². The van der Waals surface area contributed by atoms with Crippen molar-refractivity contribution in [3.05, 3.63) is 0 Å². The third-order valence-electron chi connectivity index (χ3n) is 2.75. The van der Waals surface area contributed by atoms with Gasteiger partial charge in [-0.05, 0) is 12.3 Å². The molecule has 2 atom stereocenters. The summed E-state index contributed by atoms with van der Waals surface area (Å²) >= 11 is 0. The fraction of sp³-hybridized carbons (Fsp3) is 0.778. The van der Waals surface area contributed by atoms with Crippen molar-refractivity contribution in [3.8, 4) is 0 Å². The maximum Gasteiger partial charge on any atom is 0.306 e. The second kappa shape index (κ2) is 4.82. The maximum atomic E-state index is 11.4. The number of hydrogen-bond acceptors (Lipinski definition) is 5. The van der Waals surface area contributed by atoms with Gasteiger partial charge in [-0.2, -0.15) is 0 Å². The lowest BCUT2D eigenvalue weighted by atomic mass is 9.88. The van der Waals surface area contributed by atoms with Crippen LogP contribution in [0.4, 0.5) is 0 Å². The number of esters is 1. The van der Waals surface area contributed by atoms with Gasteiger partial charge in [0, 0.05) is 0 Å². The van der Waals surface area contributed by atoms with Crippen LogP contribution in [0.25, 0.3) is 0 Å². The Labute approximate surface area is 93.5 Å². The summed E-state index contributed by atoms with van der Waals surface area (Å²) in [6.45, 7) is 0. The highest BCUT2D eigenvalue weighted by Crippen LogP contribution is 2.28. The molecule has 0 amide bonds. The van der Waals surface area contributed by atoms with E-state index in [4.69, 9.17) is 5.11 Å². The zero-order valence-corrected chi connectivity index (χ0v) is 9.70. The lowest BCUT2D eigenvalue weighted by Crippen LogP contribution is -2.38. The molecule has 7 heteroatoms. The standard InChI is InChI=1S/C9H14O6S/c1-15-8(10)4-6-5-16(13,14)3-2-7(6)9(11)12/h6-7H,2-5H2,1H3,(H,11,12). The molecule has 1 fully saturated rings. The van der Waals surface area contributed by atoms with Gasteiger partial charge in [0.1, 0.15) is 0 Å². The summed E-state index contributed by atoms with van der Waals surface area (Å²) in [7, 11) is -2.03. The molecule has 0 bridgehead atoms. The van der Waals surface area contributed by atoms with Crippen LogP contribution < -0.4 is 0 Å². The molecule has 1 rings (SSSR count). The SMILES string of the molecule is COC(=O)CC1CS(=O)(=O)CCC1C(=O)O. The topological polar surface area (TPSA) is 97.7 Å². The average Bonchev–Trinajstić information content (AvgIpc) is 2.15. The molecule has 2 unspecified atom stereocenters. The molecule has 0 spiro atoms. The van der Waals surface area contributed by atoms with Crippen molar-refractivity contribution in [3.63, 3.8) is 0 Å². The minimum Gasteiger partial charge on any atom is -0.481 e. The summed E-state index contributed by atoms with van der Waals surface area (Å²) in [6, 6.07) is 0. The first-order valence-electron chi connectivity index (χ1n) is 4.86. The second-order valence-corrected chi connectivity index (χ2v) is 6.12. The first-order chi connectivity index (χ1) is 7.35. The van der Waals surface area contributed by atoms with Crippen molar-refractivity contribution in [1.82, 2.24) is 0 Å². The van der Waals surface area contributed by atoms with Crippen LogP contribution in [0.5, 0.6) is 0 Å². The van der Waals surface area contributed by atoms with E-state index in [1.54, 1.807) is 0 Å². The van der Waals surface area contributed by atoms with E-state index in [2.05, 4.69) is 4.74 Å². The van der Waals surface area contributed by atoms with E-state index in [1.807, 2.05) is 0 Å². The van der Waals surface area contributed by atoms with Crippen LogP contribution in [-0.4, -0.2) is 44.1 Å². The van der Waals surface area contributed by atoms with Crippen LogP contribution in [0.3, 0.4) is 0 Å². The van der Waals surface area contributed by atoms with E-state index >= 15 is 0 Å². The zero-order chi connectivity index (χ0) is 12.3. The normalized spacial score (nSPS) is 28.3. The third kappa shape index (κ3) is 3.19. The predicted octanol–water partition coefficient (Wildman–Crippen LogP) is -0.315. The fourth-order valence-electron chi connectivity index (χ4n) is 1.89. The Balaban J connectivity index is 2.80. The number of carbonyl (C=O) groups excluding carboxylic acids is 1. The quantitative estimate of drug-likeness (QED) is 0.690. The minimum atomic E-state index is -3.22. The summed E-state index contributed by atoms with van der Waals surface area (Å²) in [6.07, 6.45) is -0.0912. The van der Waals surface area contributed by atoms with Crippen LogP contribution in [0.2, 0.25) is 0 Å². The summed E-state index contributed by atoms with van der Waals surface area (Å²) < 4.78 is 27.1. The Morgan fingerprint density at radius 1 is 1.44 bits per heavy atom. The van der Waals surface area contributed by atoms with Crippen LogP contribution in [0.1, 0.15) is 12.8 Å². The fourth-order valence-corrected chi connectivity index (χ4v) is 3.67. The second-order valence-electron chi connectivity index (χ2n) is 3.89. The van der Waals surface area contributed by atoms with Gasteiger partial charge in [-0.3, -0.25) is 9.59 Å². The number of rotatable bonds is 3. The van der Waals surface area contributed by atoms with Gasteiger partial charge in [0.25, 0.3) is 0 Å². The van der Waals surface area contributed by atoms with Crippen LogP contribution in [0.15, 0.2) is 0 Å². The largest absolute Gasteiger partial charge is 0.481 e. The highest BCUT2D eigenvalue weighted by molar-refractivity contribution is 7.91. The van der Waals surface area contributed by atoms with E-state index in [0.29, 0.717) is 0 Å². The Kier molecular flexibility index (Phi) is 3.90. The molecule has 1 N–H and O–H groups in total. The highest BCUT2D eigenvalue weighted by atomic mass is 32.2. The smallest absolute Gasteiger partial charge is 0.306 e. The first-order valence-corrected chi connectivity index (χ1v) is 6.68. The molecule has 1 aliphatic heterocycles. The summed E-state index contributed by atoms with van der Waals surface area (Å²) in [5.41, 5.74) is 0. The van der Waals surface area contributed by atoms with Gasteiger partial charge in [0.2, 0.25) is 0 Å². The zero-order valence-electron chi connectivity index (χ0n) is 8.88. The molecule has 6 nitrogen and oxygen atoms in total. The molecular formula is C9H14O6S. The molecule has 16 heavy (non-hydrogen) atoms. The Morgan fingerprint density at radius 2 is 2.06 bits per heavy atom. The van der Waals surface area contributed by atoms with Crippen molar-refractivity contribution in [1.29, 1.82) is 0 Å². The lowest BCUT2D eigenvalue weighted by Gasteiger charge is -2.27. The van der Waals surface area contributed by atoms with E-state index in [-0.39, 0.29) is 24.3 Å². The van der Waals surface area contributed by atoms with E-state index in [9.17, 15) is 18.0 Å². The maximum absolute atomic E-state index is 11.4. The van der Waals surface area contributed by atoms with E-state index in [1.165, 1.54) is 7.11 Å². The van der Waals surface area contributed by atoms with Crippen molar-refractivity contribution in [2.75, 3.05) is 18.6 Å². The minimum absolute atomic E-state index is 0.0688. The highest BCUT2D eigenvalue weighted by Gasteiger charge is 2.38. The van der Waals surface area contributed by atoms with E-state index in [0.717, 1.165) is 0 Å². The molecule has 1 heterocycles. The third-order valence-corrected chi connectivity index (χ3v) is 4.54. The Bertz CT molecular complexity index is 385. The first kappa shape index (κ1) is 13.0. The molecule has 1 saturated heterocycles. The molecule has 0 saturated carbocycles. The molecule has 0 aromatic rings. The predicted molar refractivity (Wildman–Crippen MR) is 54.5 cm³/mol. The number of ether oxygens (including phenoxy) is 1. The van der Waals surface area contributed by atoms with Crippen molar-refractivity contribution in [2.45, 2.75) is 12.8 Å². The van der Waals surface area contributed by atoms with Gasteiger partial charge >= 0.3 is 11.9 Å². The van der Waals surface area contributed by atoms with Crippen molar-refractivity contribution >= 4 is 21.8 Å².